The molecule has 7 heteroatoms. The maximum Gasteiger partial charge on any atom is 0.194 e. The number of aliphatic hydroxyl groups is 1. The number of nitrogens with one attached hydrogen (secondary N) is 1. The average molecular weight is 330 g/mol. The summed E-state index contributed by atoms with van der Waals surface area (Å²) in [4.78, 5) is 6.52. The number of aromatic nitrogens is 2. The summed E-state index contributed by atoms with van der Waals surface area (Å²) in [6.45, 7) is 3.81. The Morgan fingerprint density at radius 1 is 1.47 bits per heavy atom. The van der Waals surface area contributed by atoms with Gasteiger partial charge in [-0.1, -0.05) is 0 Å². The topological polar surface area (TPSA) is 65.7 Å². The first-order valence-electron chi connectivity index (χ1n) is 6.36. The molecule has 1 aromatic rings. The lowest BCUT2D eigenvalue weighted by atomic mass is 9.83. The summed E-state index contributed by atoms with van der Waals surface area (Å²) in [6.07, 6.45) is 4.22. The highest BCUT2D eigenvalue weighted by molar-refractivity contribution is 8.93. The second-order valence-electron chi connectivity index (χ2n) is 5.17. The number of guanidine groups is 1. The lowest BCUT2D eigenvalue weighted by molar-refractivity contribution is -0.00163. The lowest BCUT2D eigenvalue weighted by Gasteiger charge is -2.42. The van der Waals surface area contributed by atoms with Crippen LogP contribution < -0.4 is 5.32 Å². The molecule has 0 amide bonds. The van der Waals surface area contributed by atoms with E-state index in [4.69, 9.17) is 0 Å². The molecule has 1 aliphatic heterocycles. The van der Waals surface area contributed by atoms with Gasteiger partial charge in [-0.2, -0.15) is 5.10 Å². The highest BCUT2D eigenvalue weighted by Gasteiger charge is 2.42. The van der Waals surface area contributed by atoms with E-state index in [0.29, 0.717) is 0 Å². The molecule has 0 spiro atoms. The maximum atomic E-state index is 9.93. The molecular formula is C12H20BrN5O. The van der Waals surface area contributed by atoms with Crippen LogP contribution in [0.2, 0.25) is 0 Å². The zero-order chi connectivity index (χ0) is 12.7. The van der Waals surface area contributed by atoms with Gasteiger partial charge in [0.2, 0.25) is 0 Å². The number of hydrogen-bond acceptors (Lipinski definition) is 5. The summed E-state index contributed by atoms with van der Waals surface area (Å²) in [5, 5.41) is 17.6. The van der Waals surface area contributed by atoms with Gasteiger partial charge in [-0.3, -0.25) is 9.67 Å². The summed E-state index contributed by atoms with van der Waals surface area (Å²) in [5.74, 6) is 0.931. The predicted molar refractivity (Wildman–Crippen MR) is 78.8 cm³/mol. The molecule has 2 N–H and O–H groups in total. The second-order valence-corrected chi connectivity index (χ2v) is 5.17. The maximum absolute atomic E-state index is 9.93. The minimum atomic E-state index is -0.325. The van der Waals surface area contributed by atoms with Crippen molar-refractivity contribution in [2.45, 2.75) is 31.5 Å². The van der Waals surface area contributed by atoms with Crippen molar-refractivity contribution in [3.05, 3.63) is 18.0 Å². The first-order valence-corrected chi connectivity index (χ1v) is 6.36. The van der Waals surface area contributed by atoms with Crippen molar-refractivity contribution in [1.29, 1.82) is 0 Å². The van der Waals surface area contributed by atoms with Gasteiger partial charge in [-0.15, -0.1) is 17.0 Å². The van der Waals surface area contributed by atoms with Crippen LogP contribution in [-0.2, 0) is 0 Å². The molecule has 1 fully saturated rings. The Morgan fingerprint density at radius 3 is 2.79 bits per heavy atom. The molecule has 2 heterocycles. The van der Waals surface area contributed by atoms with Crippen molar-refractivity contribution in [3.8, 4) is 0 Å². The third-order valence-electron chi connectivity index (χ3n) is 3.71. The Balaban J connectivity index is 0.00000133. The van der Waals surface area contributed by atoms with Gasteiger partial charge in [0.25, 0.3) is 0 Å². The van der Waals surface area contributed by atoms with Crippen molar-refractivity contribution >= 4 is 22.9 Å². The molecular weight excluding hydrogens is 310 g/mol. The molecule has 0 bridgehead atoms. The molecule has 1 aromatic heterocycles. The van der Waals surface area contributed by atoms with Crippen LogP contribution in [0.25, 0.3) is 0 Å². The van der Waals surface area contributed by atoms with Crippen molar-refractivity contribution in [2.75, 3.05) is 20.1 Å². The molecule has 2 aliphatic rings. The summed E-state index contributed by atoms with van der Waals surface area (Å²) in [6, 6.07) is 0.217. The third-order valence-corrected chi connectivity index (χ3v) is 3.71. The Bertz CT molecular complexity index is 474. The van der Waals surface area contributed by atoms with Gasteiger partial charge < -0.3 is 15.3 Å². The molecule has 3 rings (SSSR count). The first kappa shape index (κ1) is 14.3. The van der Waals surface area contributed by atoms with Crippen molar-refractivity contribution < 1.29 is 5.11 Å². The van der Waals surface area contributed by atoms with Gasteiger partial charge in [0, 0.05) is 19.8 Å². The molecule has 6 nitrogen and oxygen atoms in total. The van der Waals surface area contributed by atoms with Crippen molar-refractivity contribution in [2.24, 2.45) is 4.99 Å². The van der Waals surface area contributed by atoms with Crippen molar-refractivity contribution in [1.82, 2.24) is 20.0 Å². The Hall–Kier alpha value is -1.08. The fraction of sp³-hybridized carbons (Fsp3) is 0.667. The number of halogens is 1. The molecule has 0 saturated heterocycles. The second kappa shape index (κ2) is 5.50. The van der Waals surface area contributed by atoms with E-state index in [0.717, 1.165) is 31.0 Å². The van der Waals surface area contributed by atoms with Gasteiger partial charge in [0.15, 0.2) is 5.96 Å². The smallest absolute Gasteiger partial charge is 0.194 e. The van der Waals surface area contributed by atoms with Crippen LogP contribution in [0.5, 0.6) is 0 Å². The molecule has 0 aromatic carbocycles. The molecule has 106 valence electrons. The van der Waals surface area contributed by atoms with Crippen molar-refractivity contribution in [3.63, 3.8) is 0 Å². The van der Waals surface area contributed by atoms with Gasteiger partial charge in [-0.25, -0.2) is 0 Å². The van der Waals surface area contributed by atoms with Crippen LogP contribution >= 0.6 is 17.0 Å². The zero-order valence-corrected chi connectivity index (χ0v) is 12.9. The SMILES string of the molecule is Br.Cc1cnn([C@H]2[C@H](O)C[C@@H]2NC2=NCCN2C)c1. The standard InChI is InChI=1S/C12H19N5O.BrH/c1-8-6-14-17(7-8)11-9(5-10(11)18)15-12-13-3-4-16(12)2;/h6-7,9-11,18H,3-5H2,1-2H3,(H,13,15);1H/t9-,10+,11+;/m0./s1. The number of rotatable bonds is 2. The molecule has 3 atom stereocenters. The number of hydrogen-bond donors (Lipinski definition) is 2. The molecule has 1 saturated carbocycles. The van der Waals surface area contributed by atoms with Gasteiger partial charge in [0.1, 0.15) is 0 Å². The highest BCUT2D eigenvalue weighted by Crippen LogP contribution is 2.32. The third kappa shape index (κ3) is 2.62. The Morgan fingerprint density at radius 2 is 2.26 bits per heavy atom. The first-order chi connectivity index (χ1) is 8.65. The van der Waals surface area contributed by atoms with Crippen LogP contribution in [-0.4, -0.2) is 58.0 Å². The minimum absolute atomic E-state index is 0. The van der Waals surface area contributed by atoms with E-state index >= 15 is 0 Å². The summed E-state index contributed by atoms with van der Waals surface area (Å²) in [7, 11) is 2.03. The normalized spacial score (nSPS) is 29.5. The van der Waals surface area contributed by atoms with E-state index in [9.17, 15) is 5.11 Å². The Kier molecular flexibility index (Phi) is 4.15. The highest BCUT2D eigenvalue weighted by atomic mass is 79.9. The predicted octanol–water partition coefficient (Wildman–Crippen LogP) is 0.335. The van der Waals surface area contributed by atoms with E-state index in [1.165, 1.54) is 0 Å². The number of aliphatic imine (C=N–C) groups is 1. The van der Waals surface area contributed by atoms with E-state index in [1.54, 1.807) is 0 Å². The average Bonchev–Trinajstić information content (AvgIpc) is 2.88. The van der Waals surface area contributed by atoms with Gasteiger partial charge in [0.05, 0.1) is 30.9 Å². The van der Waals surface area contributed by atoms with Crippen LogP contribution in [0, 0.1) is 6.92 Å². The van der Waals surface area contributed by atoms with Crippen LogP contribution in [0.15, 0.2) is 17.4 Å². The molecule has 19 heavy (non-hydrogen) atoms. The van der Waals surface area contributed by atoms with Crippen LogP contribution in [0.1, 0.15) is 18.0 Å². The molecule has 0 unspecified atom stereocenters. The van der Waals surface area contributed by atoms with E-state index < -0.39 is 0 Å². The van der Waals surface area contributed by atoms with E-state index in [1.807, 2.05) is 31.0 Å². The summed E-state index contributed by atoms with van der Waals surface area (Å²) < 4.78 is 1.86. The zero-order valence-electron chi connectivity index (χ0n) is 11.2. The largest absolute Gasteiger partial charge is 0.391 e. The molecule has 0 radical (unpaired) electrons. The minimum Gasteiger partial charge on any atom is -0.391 e. The van der Waals surface area contributed by atoms with Gasteiger partial charge in [-0.05, 0) is 18.9 Å². The summed E-state index contributed by atoms with van der Waals surface area (Å²) >= 11 is 0. The quantitative estimate of drug-likeness (QED) is 0.821. The monoisotopic (exact) mass is 329 g/mol. The number of likely N-dealkylation sites (N-methyl/N-ethyl adjacent to an activating group) is 1. The fourth-order valence-corrected chi connectivity index (χ4v) is 2.57. The van der Waals surface area contributed by atoms with E-state index in [-0.39, 0.29) is 35.2 Å². The van der Waals surface area contributed by atoms with E-state index in [2.05, 4.69) is 20.3 Å². The number of aryl methyl sites for hydroxylation is 1. The Labute approximate surface area is 123 Å². The molecule has 1 aliphatic carbocycles. The number of nitrogens with zero attached hydrogens (tertiary/aromatic N) is 4. The summed E-state index contributed by atoms with van der Waals surface area (Å²) in [5.41, 5.74) is 1.11. The van der Waals surface area contributed by atoms with Crippen LogP contribution in [0.3, 0.4) is 0 Å². The fourth-order valence-electron chi connectivity index (χ4n) is 2.57. The van der Waals surface area contributed by atoms with Gasteiger partial charge >= 0.3 is 0 Å². The number of aliphatic hydroxyl groups excluding tert-OH is 1. The van der Waals surface area contributed by atoms with Crippen LogP contribution in [0.4, 0.5) is 0 Å². The lowest BCUT2D eigenvalue weighted by Crippen LogP contribution is -2.57.